The summed E-state index contributed by atoms with van der Waals surface area (Å²) in [6, 6.07) is 28.6. The van der Waals surface area contributed by atoms with Crippen molar-refractivity contribution >= 4 is 39.2 Å². The lowest BCUT2D eigenvalue weighted by Crippen LogP contribution is -2.25. The number of H-pyrrole nitrogens is 1. The number of nitrogens with one attached hydrogen (secondary N) is 3. The van der Waals surface area contributed by atoms with Crippen molar-refractivity contribution in [3.63, 3.8) is 0 Å². The molecule has 0 bridgehead atoms. The maximum atomic E-state index is 12.5. The molecule has 5 rings (SSSR count). The molecule has 1 heterocycles. The largest absolute Gasteiger partial charge is 0.483 e. The zero-order valence-corrected chi connectivity index (χ0v) is 19.1. The van der Waals surface area contributed by atoms with Crippen molar-refractivity contribution in [2.75, 3.05) is 18.5 Å². The molecule has 0 fully saturated rings. The molecular weight excluding hydrogens is 438 g/mol. The molecule has 0 saturated heterocycles. The Bertz CT molecular complexity index is 1480. The van der Waals surface area contributed by atoms with E-state index in [-0.39, 0.29) is 18.4 Å². The summed E-state index contributed by atoms with van der Waals surface area (Å²) in [5.41, 5.74) is 3.42. The smallest absolute Gasteiger partial charge is 0.262 e. The summed E-state index contributed by atoms with van der Waals surface area (Å²) in [6.07, 6.45) is 2.66. The number of amides is 2. The van der Waals surface area contributed by atoms with Crippen molar-refractivity contribution in [3.8, 4) is 5.75 Å². The maximum Gasteiger partial charge on any atom is 0.262 e. The summed E-state index contributed by atoms with van der Waals surface area (Å²) in [6.45, 7) is 0.428. The zero-order valence-electron chi connectivity index (χ0n) is 19.1. The third-order valence-corrected chi connectivity index (χ3v) is 5.90. The van der Waals surface area contributed by atoms with Crippen LogP contribution in [0.2, 0.25) is 0 Å². The molecule has 5 aromatic rings. The van der Waals surface area contributed by atoms with Gasteiger partial charge in [-0.05, 0) is 59.8 Å². The lowest BCUT2D eigenvalue weighted by atomic mass is 10.1. The number of benzene rings is 4. The van der Waals surface area contributed by atoms with Gasteiger partial charge in [-0.2, -0.15) is 0 Å². The highest BCUT2D eigenvalue weighted by atomic mass is 16.5. The first-order valence-corrected chi connectivity index (χ1v) is 11.5. The molecule has 0 atom stereocenters. The van der Waals surface area contributed by atoms with Gasteiger partial charge in [0.25, 0.3) is 11.8 Å². The molecule has 3 N–H and O–H groups in total. The quantitative estimate of drug-likeness (QED) is 0.292. The molecule has 0 aliphatic heterocycles. The minimum absolute atomic E-state index is 0.107. The summed E-state index contributed by atoms with van der Waals surface area (Å²) >= 11 is 0. The topological polar surface area (TPSA) is 83.2 Å². The van der Waals surface area contributed by atoms with Crippen LogP contribution in [-0.2, 0) is 11.2 Å². The van der Waals surface area contributed by atoms with Gasteiger partial charge >= 0.3 is 0 Å². The van der Waals surface area contributed by atoms with Crippen LogP contribution in [-0.4, -0.2) is 29.9 Å². The van der Waals surface area contributed by atoms with Gasteiger partial charge in [-0.3, -0.25) is 9.59 Å². The van der Waals surface area contributed by atoms with Crippen LogP contribution in [0.1, 0.15) is 15.9 Å². The highest BCUT2D eigenvalue weighted by Crippen LogP contribution is 2.25. The number of fused-ring (bicyclic) bond motifs is 2. The third-order valence-electron chi connectivity index (χ3n) is 5.90. The van der Waals surface area contributed by atoms with Gasteiger partial charge < -0.3 is 20.4 Å². The molecule has 2 amide bonds. The molecule has 1 aromatic heterocycles. The molecule has 0 spiro atoms. The fraction of sp³-hybridized carbons (Fsp3) is 0.103. The van der Waals surface area contributed by atoms with Crippen LogP contribution in [0.25, 0.3) is 21.7 Å². The zero-order chi connectivity index (χ0) is 24.0. The Morgan fingerprint density at radius 3 is 2.49 bits per heavy atom. The fourth-order valence-electron chi connectivity index (χ4n) is 4.15. The van der Waals surface area contributed by atoms with Crippen molar-refractivity contribution in [1.82, 2.24) is 10.3 Å². The number of rotatable bonds is 8. The van der Waals surface area contributed by atoms with Gasteiger partial charge in [0.05, 0.1) is 0 Å². The maximum absolute atomic E-state index is 12.5. The van der Waals surface area contributed by atoms with Crippen molar-refractivity contribution in [2.45, 2.75) is 6.42 Å². The summed E-state index contributed by atoms with van der Waals surface area (Å²) < 4.78 is 5.74. The highest BCUT2D eigenvalue weighted by Gasteiger charge is 2.09. The van der Waals surface area contributed by atoms with Crippen LogP contribution >= 0.6 is 0 Å². The van der Waals surface area contributed by atoms with Crippen molar-refractivity contribution in [2.24, 2.45) is 0 Å². The van der Waals surface area contributed by atoms with Gasteiger partial charge in [0.2, 0.25) is 0 Å². The van der Waals surface area contributed by atoms with Gasteiger partial charge in [-0.1, -0.05) is 48.5 Å². The van der Waals surface area contributed by atoms with Gasteiger partial charge in [0, 0.05) is 40.3 Å². The Morgan fingerprint density at radius 1 is 0.800 bits per heavy atom. The van der Waals surface area contributed by atoms with Crippen molar-refractivity contribution in [1.29, 1.82) is 0 Å². The molecule has 6 heteroatoms. The molecule has 0 aliphatic rings. The van der Waals surface area contributed by atoms with Crippen LogP contribution in [0.4, 0.5) is 5.69 Å². The number of hydrogen-bond acceptors (Lipinski definition) is 3. The van der Waals surface area contributed by atoms with E-state index in [2.05, 4.69) is 21.7 Å². The molecule has 4 aromatic carbocycles. The van der Waals surface area contributed by atoms with Gasteiger partial charge in [0.15, 0.2) is 6.61 Å². The van der Waals surface area contributed by atoms with E-state index in [1.807, 2.05) is 66.9 Å². The average Bonchev–Trinajstić information content (AvgIpc) is 3.38. The van der Waals surface area contributed by atoms with Gasteiger partial charge in [-0.15, -0.1) is 0 Å². The second-order valence-electron chi connectivity index (χ2n) is 8.25. The second-order valence-corrected chi connectivity index (χ2v) is 8.25. The number of ether oxygens (including phenoxy) is 1. The number of hydrogen-bond donors (Lipinski definition) is 3. The monoisotopic (exact) mass is 463 g/mol. The van der Waals surface area contributed by atoms with Gasteiger partial charge in [0.1, 0.15) is 5.75 Å². The fourth-order valence-corrected chi connectivity index (χ4v) is 4.15. The Hall–Kier alpha value is -4.58. The molecule has 0 unspecified atom stereocenters. The standard InChI is InChI=1S/C29H25N3O3/c33-28(19-35-27-10-4-7-20-5-1-2-8-25(20)27)32-23-13-11-22(12-14-23)29(34)31-17-15-21-6-3-9-26-24(21)16-18-30-26/h1-14,16,18,30H,15,17,19H2,(H,31,34)(H,32,33). The van der Waals surface area contributed by atoms with Gasteiger partial charge in [-0.25, -0.2) is 0 Å². The van der Waals surface area contributed by atoms with E-state index in [9.17, 15) is 9.59 Å². The summed E-state index contributed by atoms with van der Waals surface area (Å²) in [7, 11) is 0. The summed E-state index contributed by atoms with van der Waals surface area (Å²) in [4.78, 5) is 28.1. The molecule has 0 saturated carbocycles. The minimum Gasteiger partial charge on any atom is -0.483 e. The first-order chi connectivity index (χ1) is 17.2. The Labute approximate surface area is 202 Å². The summed E-state index contributed by atoms with van der Waals surface area (Å²) in [5, 5.41) is 8.96. The van der Waals surface area contributed by atoms with E-state index in [4.69, 9.17) is 4.74 Å². The van der Waals surface area contributed by atoms with Crippen LogP contribution < -0.4 is 15.4 Å². The number of aromatic nitrogens is 1. The van der Waals surface area contributed by atoms with Crippen LogP contribution in [0, 0.1) is 0 Å². The first kappa shape index (κ1) is 22.2. The first-order valence-electron chi connectivity index (χ1n) is 11.5. The average molecular weight is 464 g/mol. The van der Waals surface area contributed by atoms with E-state index in [0.717, 1.165) is 22.7 Å². The summed E-state index contributed by atoms with van der Waals surface area (Å²) in [5.74, 6) is 0.246. The van der Waals surface area contributed by atoms with Crippen LogP contribution in [0.3, 0.4) is 0 Å². The van der Waals surface area contributed by atoms with E-state index < -0.39 is 0 Å². The molecule has 35 heavy (non-hydrogen) atoms. The van der Waals surface area contributed by atoms with E-state index >= 15 is 0 Å². The Balaban J connectivity index is 1.12. The van der Waals surface area contributed by atoms with E-state index in [1.165, 1.54) is 10.9 Å². The lowest BCUT2D eigenvalue weighted by Gasteiger charge is -2.10. The second kappa shape index (κ2) is 10.1. The van der Waals surface area contributed by atoms with Crippen LogP contribution in [0.15, 0.2) is 97.2 Å². The molecular formula is C29H25N3O3. The molecule has 174 valence electrons. The number of carbonyl (C=O) groups is 2. The van der Waals surface area contributed by atoms with E-state index in [0.29, 0.717) is 23.5 Å². The number of aromatic amines is 1. The Kier molecular flexibility index (Phi) is 6.44. The minimum atomic E-state index is -0.269. The SMILES string of the molecule is O=C(COc1cccc2ccccc12)Nc1ccc(C(=O)NCCc2cccc3[nH]ccc23)cc1. The molecule has 0 radical (unpaired) electrons. The molecule has 6 nitrogen and oxygen atoms in total. The number of anilines is 1. The third kappa shape index (κ3) is 5.17. The van der Waals surface area contributed by atoms with Crippen molar-refractivity contribution < 1.29 is 14.3 Å². The van der Waals surface area contributed by atoms with Crippen LogP contribution in [0.5, 0.6) is 5.75 Å². The predicted molar refractivity (Wildman–Crippen MR) is 139 cm³/mol. The number of carbonyl (C=O) groups excluding carboxylic acids is 2. The lowest BCUT2D eigenvalue weighted by molar-refractivity contribution is -0.118. The highest BCUT2D eigenvalue weighted by molar-refractivity contribution is 5.96. The van der Waals surface area contributed by atoms with Crippen molar-refractivity contribution in [3.05, 3.63) is 108 Å². The predicted octanol–water partition coefficient (Wildman–Crippen LogP) is 5.31. The van der Waals surface area contributed by atoms with E-state index in [1.54, 1.807) is 24.3 Å². The Morgan fingerprint density at radius 2 is 1.60 bits per heavy atom. The normalized spacial score (nSPS) is 10.9. The molecule has 0 aliphatic carbocycles.